The van der Waals surface area contributed by atoms with Gasteiger partial charge in [-0.15, -0.1) is 0 Å². The average Bonchev–Trinajstić information content (AvgIpc) is 2.81. The molecule has 86 valence electrons. The van der Waals surface area contributed by atoms with Crippen molar-refractivity contribution >= 4 is 5.57 Å². The Bertz CT molecular complexity index is 524. The van der Waals surface area contributed by atoms with E-state index in [1.54, 1.807) is 5.57 Å². The Balaban J connectivity index is 2.09. The predicted molar refractivity (Wildman–Crippen MR) is 73.6 cm³/mol. The first-order valence-corrected chi connectivity index (χ1v) is 6.34. The summed E-state index contributed by atoms with van der Waals surface area (Å²) < 4.78 is 0. The van der Waals surface area contributed by atoms with Gasteiger partial charge in [-0.3, -0.25) is 0 Å². The molecule has 0 nitrogen and oxygen atoms in total. The standard InChI is InChI=1S/C17H18/c1-17(2)12-11-14(13-7-4-3-5-8-13)15-9-6-10-16(15)17/h3-9,11H,10,12H2,1-2H3. The predicted octanol–water partition coefficient (Wildman–Crippen LogP) is 4.76. The van der Waals surface area contributed by atoms with E-state index >= 15 is 0 Å². The van der Waals surface area contributed by atoms with Gasteiger partial charge >= 0.3 is 0 Å². The van der Waals surface area contributed by atoms with Crippen molar-refractivity contribution in [3.8, 4) is 0 Å². The van der Waals surface area contributed by atoms with Crippen LogP contribution in [0.25, 0.3) is 5.57 Å². The molecule has 0 spiro atoms. The number of allylic oxidation sites excluding steroid dienone is 6. The van der Waals surface area contributed by atoms with Crippen LogP contribution in [0.15, 0.2) is 59.7 Å². The van der Waals surface area contributed by atoms with E-state index in [0.29, 0.717) is 5.41 Å². The highest BCUT2D eigenvalue weighted by Crippen LogP contribution is 2.47. The maximum atomic E-state index is 2.41. The Morgan fingerprint density at radius 1 is 1.06 bits per heavy atom. The van der Waals surface area contributed by atoms with Crippen molar-refractivity contribution < 1.29 is 0 Å². The van der Waals surface area contributed by atoms with Crippen LogP contribution in [0.4, 0.5) is 0 Å². The molecular weight excluding hydrogens is 204 g/mol. The number of rotatable bonds is 1. The van der Waals surface area contributed by atoms with E-state index in [1.807, 2.05) is 0 Å². The Morgan fingerprint density at radius 2 is 1.82 bits per heavy atom. The van der Waals surface area contributed by atoms with Crippen molar-refractivity contribution in [1.82, 2.24) is 0 Å². The molecule has 0 fully saturated rings. The molecule has 0 heteroatoms. The molecule has 2 aliphatic rings. The third kappa shape index (κ3) is 1.68. The van der Waals surface area contributed by atoms with E-state index in [4.69, 9.17) is 0 Å². The fourth-order valence-electron chi connectivity index (χ4n) is 2.88. The van der Waals surface area contributed by atoms with Crippen LogP contribution in [0.5, 0.6) is 0 Å². The fourth-order valence-corrected chi connectivity index (χ4v) is 2.88. The zero-order valence-corrected chi connectivity index (χ0v) is 10.5. The van der Waals surface area contributed by atoms with Crippen molar-refractivity contribution in [2.75, 3.05) is 0 Å². The molecule has 0 aromatic heterocycles. The lowest BCUT2D eigenvalue weighted by Gasteiger charge is -2.32. The molecule has 0 aliphatic heterocycles. The Morgan fingerprint density at radius 3 is 2.59 bits per heavy atom. The van der Waals surface area contributed by atoms with Gasteiger partial charge in [-0.05, 0) is 35.0 Å². The zero-order valence-electron chi connectivity index (χ0n) is 10.5. The molecule has 0 unspecified atom stereocenters. The molecule has 1 aromatic carbocycles. The van der Waals surface area contributed by atoms with Crippen molar-refractivity contribution in [3.63, 3.8) is 0 Å². The van der Waals surface area contributed by atoms with Gasteiger partial charge in [-0.2, -0.15) is 0 Å². The van der Waals surface area contributed by atoms with Gasteiger partial charge in [0.15, 0.2) is 0 Å². The lowest BCUT2D eigenvalue weighted by Crippen LogP contribution is -2.17. The first-order valence-electron chi connectivity index (χ1n) is 6.34. The SMILES string of the molecule is CC1(C)CC=C(c2ccccc2)C2=C1CC=C2. The quantitative estimate of drug-likeness (QED) is 0.643. The average molecular weight is 222 g/mol. The Hall–Kier alpha value is -1.56. The van der Waals surface area contributed by atoms with Crippen LogP contribution in [0, 0.1) is 5.41 Å². The third-order valence-electron chi connectivity index (χ3n) is 3.94. The monoisotopic (exact) mass is 222 g/mol. The second-order valence-corrected chi connectivity index (χ2v) is 5.57. The van der Waals surface area contributed by atoms with Crippen LogP contribution in [0.1, 0.15) is 32.3 Å². The van der Waals surface area contributed by atoms with E-state index in [0.717, 1.165) is 12.8 Å². The molecule has 0 atom stereocenters. The smallest absolute Gasteiger partial charge is 0.00976 e. The number of hydrogen-bond donors (Lipinski definition) is 0. The van der Waals surface area contributed by atoms with Gasteiger partial charge in [0.1, 0.15) is 0 Å². The number of benzene rings is 1. The summed E-state index contributed by atoms with van der Waals surface area (Å²) in [5.41, 5.74) is 6.18. The summed E-state index contributed by atoms with van der Waals surface area (Å²) in [6.45, 7) is 4.71. The topological polar surface area (TPSA) is 0 Å². The van der Waals surface area contributed by atoms with Crippen LogP contribution in [0.3, 0.4) is 0 Å². The van der Waals surface area contributed by atoms with Gasteiger partial charge < -0.3 is 0 Å². The minimum absolute atomic E-state index is 0.330. The summed E-state index contributed by atoms with van der Waals surface area (Å²) in [5.74, 6) is 0. The largest absolute Gasteiger partial charge is 0.0798 e. The van der Waals surface area contributed by atoms with Crippen LogP contribution in [0.2, 0.25) is 0 Å². The second kappa shape index (κ2) is 3.73. The molecule has 2 aliphatic carbocycles. The summed E-state index contributed by atoms with van der Waals surface area (Å²) in [6.07, 6.45) is 9.29. The highest BCUT2D eigenvalue weighted by molar-refractivity contribution is 5.85. The molecule has 0 N–H and O–H groups in total. The van der Waals surface area contributed by atoms with Gasteiger partial charge in [-0.1, -0.05) is 68.0 Å². The van der Waals surface area contributed by atoms with Crippen molar-refractivity contribution in [3.05, 3.63) is 65.3 Å². The minimum Gasteiger partial charge on any atom is -0.0798 e. The van der Waals surface area contributed by atoms with Crippen LogP contribution in [-0.4, -0.2) is 0 Å². The first kappa shape index (κ1) is 10.6. The lowest BCUT2D eigenvalue weighted by molar-refractivity contribution is 0.441. The molecule has 1 aromatic rings. The molecule has 3 rings (SSSR count). The summed E-state index contributed by atoms with van der Waals surface area (Å²) >= 11 is 0. The maximum Gasteiger partial charge on any atom is -0.00976 e. The molecule has 0 amide bonds. The Labute approximate surface area is 103 Å². The highest BCUT2D eigenvalue weighted by atomic mass is 14.3. The molecule has 0 heterocycles. The van der Waals surface area contributed by atoms with Crippen molar-refractivity contribution in [2.45, 2.75) is 26.7 Å². The van der Waals surface area contributed by atoms with Gasteiger partial charge in [0.05, 0.1) is 0 Å². The van der Waals surface area contributed by atoms with Crippen LogP contribution in [-0.2, 0) is 0 Å². The van der Waals surface area contributed by atoms with Gasteiger partial charge in [0.25, 0.3) is 0 Å². The zero-order chi connectivity index (χ0) is 11.9. The van der Waals surface area contributed by atoms with Gasteiger partial charge in [-0.25, -0.2) is 0 Å². The normalized spacial score (nSPS) is 21.4. The fraction of sp³-hybridized carbons (Fsp3) is 0.294. The highest BCUT2D eigenvalue weighted by Gasteiger charge is 2.31. The Kier molecular flexibility index (Phi) is 2.32. The molecular formula is C17H18. The number of hydrogen-bond acceptors (Lipinski definition) is 0. The minimum atomic E-state index is 0.330. The van der Waals surface area contributed by atoms with E-state index in [9.17, 15) is 0 Å². The van der Waals surface area contributed by atoms with Gasteiger partial charge in [0.2, 0.25) is 0 Å². The summed E-state index contributed by atoms with van der Waals surface area (Å²) in [7, 11) is 0. The second-order valence-electron chi connectivity index (χ2n) is 5.57. The van der Waals surface area contributed by atoms with Crippen LogP contribution < -0.4 is 0 Å². The van der Waals surface area contributed by atoms with E-state index in [1.165, 1.54) is 16.7 Å². The third-order valence-corrected chi connectivity index (χ3v) is 3.94. The van der Waals surface area contributed by atoms with E-state index in [2.05, 4.69) is 62.4 Å². The molecule has 0 saturated carbocycles. The summed E-state index contributed by atoms with van der Waals surface area (Å²) in [6, 6.07) is 10.7. The summed E-state index contributed by atoms with van der Waals surface area (Å²) in [4.78, 5) is 0. The first-order chi connectivity index (χ1) is 8.18. The molecule has 17 heavy (non-hydrogen) atoms. The van der Waals surface area contributed by atoms with Crippen molar-refractivity contribution in [1.29, 1.82) is 0 Å². The molecule has 0 saturated heterocycles. The lowest BCUT2D eigenvalue weighted by atomic mass is 9.73. The van der Waals surface area contributed by atoms with E-state index < -0.39 is 0 Å². The van der Waals surface area contributed by atoms with Crippen molar-refractivity contribution in [2.24, 2.45) is 5.41 Å². The van der Waals surface area contributed by atoms with Gasteiger partial charge in [0, 0.05) is 0 Å². The molecule has 0 bridgehead atoms. The maximum absolute atomic E-state index is 2.41. The van der Waals surface area contributed by atoms with Crippen LogP contribution >= 0.6 is 0 Å². The summed E-state index contributed by atoms with van der Waals surface area (Å²) in [5, 5.41) is 0. The molecule has 0 radical (unpaired) electrons. The van der Waals surface area contributed by atoms with E-state index in [-0.39, 0.29) is 0 Å².